The van der Waals surface area contributed by atoms with E-state index in [1.807, 2.05) is 0 Å². The van der Waals surface area contributed by atoms with E-state index in [2.05, 4.69) is 0 Å². The van der Waals surface area contributed by atoms with Crippen molar-refractivity contribution in [3.05, 3.63) is 29.3 Å². The van der Waals surface area contributed by atoms with Crippen LogP contribution in [0.4, 0.5) is 4.79 Å². The molecule has 6 nitrogen and oxygen atoms in total. The quantitative estimate of drug-likeness (QED) is 0.832. The first kappa shape index (κ1) is 16.1. The molecule has 1 N–H and O–H groups in total. The van der Waals surface area contributed by atoms with Crippen molar-refractivity contribution in [2.45, 2.75) is 31.4 Å². The van der Waals surface area contributed by atoms with Gasteiger partial charge in [0.15, 0.2) is 0 Å². The number of benzene rings is 1. The minimum Gasteiger partial charge on any atom is -0.491 e. The molecule has 2 aliphatic heterocycles. The number of ether oxygens (including phenoxy) is 1. The number of amides is 3. The predicted molar refractivity (Wildman–Crippen MR) is 84.4 cm³/mol. The molecule has 23 heavy (non-hydrogen) atoms. The first-order valence-electron chi connectivity index (χ1n) is 7.74. The van der Waals surface area contributed by atoms with Gasteiger partial charge in [-0.2, -0.15) is 0 Å². The second-order valence-corrected chi connectivity index (χ2v) is 6.29. The average Bonchev–Trinajstić information content (AvgIpc) is 2.80. The minimum absolute atomic E-state index is 0.00333. The molecule has 1 aromatic rings. The molecular formula is C16H19ClN2O4. The Kier molecular flexibility index (Phi) is 4.73. The van der Waals surface area contributed by atoms with E-state index in [1.54, 1.807) is 29.2 Å². The molecular weight excluding hydrogens is 320 g/mol. The Morgan fingerprint density at radius 3 is 2.70 bits per heavy atom. The summed E-state index contributed by atoms with van der Waals surface area (Å²) in [5, 5.41) is 10.7. The van der Waals surface area contributed by atoms with Crippen LogP contribution < -0.4 is 4.74 Å². The number of nitrogens with zero attached hydrogens (tertiary/aromatic N) is 2. The van der Waals surface area contributed by atoms with Gasteiger partial charge in [0.25, 0.3) is 5.91 Å². The highest BCUT2D eigenvalue weighted by molar-refractivity contribution is 6.30. The monoisotopic (exact) mass is 338 g/mol. The maximum absolute atomic E-state index is 12.3. The van der Waals surface area contributed by atoms with E-state index >= 15 is 0 Å². The van der Waals surface area contributed by atoms with Gasteiger partial charge >= 0.3 is 6.03 Å². The van der Waals surface area contributed by atoms with E-state index in [0.717, 1.165) is 17.7 Å². The molecule has 0 radical (unpaired) electrons. The number of hydrogen-bond donors (Lipinski definition) is 1. The van der Waals surface area contributed by atoms with Crippen molar-refractivity contribution in [3.8, 4) is 5.75 Å². The molecule has 2 saturated heterocycles. The summed E-state index contributed by atoms with van der Waals surface area (Å²) in [6, 6.07) is 6.12. The number of aliphatic hydroxyl groups is 1. The van der Waals surface area contributed by atoms with Crippen molar-refractivity contribution in [1.82, 2.24) is 9.80 Å². The van der Waals surface area contributed by atoms with Crippen LogP contribution in [0.1, 0.15) is 19.3 Å². The largest absolute Gasteiger partial charge is 0.491 e. The summed E-state index contributed by atoms with van der Waals surface area (Å²) in [6.45, 7) is 0.574. The zero-order valence-corrected chi connectivity index (χ0v) is 13.4. The average molecular weight is 339 g/mol. The van der Waals surface area contributed by atoms with E-state index in [-0.39, 0.29) is 31.1 Å². The summed E-state index contributed by atoms with van der Waals surface area (Å²) in [5.74, 6) is 0.366. The number of piperidine rings is 1. The van der Waals surface area contributed by atoms with Crippen LogP contribution in [0.5, 0.6) is 5.75 Å². The maximum atomic E-state index is 12.3. The zero-order chi connectivity index (χ0) is 16.4. The first-order chi connectivity index (χ1) is 11.1. The Morgan fingerprint density at radius 2 is 2.00 bits per heavy atom. The van der Waals surface area contributed by atoms with E-state index in [9.17, 15) is 14.7 Å². The fourth-order valence-electron chi connectivity index (χ4n) is 3.00. The van der Waals surface area contributed by atoms with Gasteiger partial charge in [-0.25, -0.2) is 4.79 Å². The fourth-order valence-corrected chi connectivity index (χ4v) is 3.13. The molecule has 2 fully saturated rings. The normalized spacial score (nSPS) is 22.3. The van der Waals surface area contributed by atoms with Crippen molar-refractivity contribution in [1.29, 1.82) is 0 Å². The van der Waals surface area contributed by atoms with Crippen LogP contribution in [0.25, 0.3) is 0 Å². The Morgan fingerprint density at radius 1 is 1.26 bits per heavy atom. The van der Waals surface area contributed by atoms with E-state index < -0.39 is 6.10 Å². The van der Waals surface area contributed by atoms with Gasteiger partial charge in [-0.05, 0) is 43.5 Å². The molecule has 3 amide bonds. The minimum atomic E-state index is -0.931. The van der Waals surface area contributed by atoms with Crippen molar-refractivity contribution in [3.63, 3.8) is 0 Å². The lowest BCUT2D eigenvalue weighted by Crippen LogP contribution is -2.40. The summed E-state index contributed by atoms with van der Waals surface area (Å²) >= 11 is 5.79. The third-order valence-electron chi connectivity index (χ3n) is 4.18. The molecule has 2 atom stereocenters. The lowest BCUT2D eigenvalue weighted by molar-refractivity contribution is -0.129. The highest BCUT2D eigenvalue weighted by atomic mass is 35.5. The number of carbonyl (C=O) groups excluding carboxylic acids is 2. The fraction of sp³-hybridized carbons (Fsp3) is 0.500. The van der Waals surface area contributed by atoms with Crippen molar-refractivity contribution in [2.75, 3.05) is 19.7 Å². The lowest BCUT2D eigenvalue weighted by Gasteiger charge is -2.26. The molecule has 7 heteroatoms. The third kappa shape index (κ3) is 3.43. The van der Waals surface area contributed by atoms with Crippen LogP contribution in [0.2, 0.25) is 5.02 Å². The van der Waals surface area contributed by atoms with Crippen LogP contribution in [0, 0.1) is 0 Å². The van der Waals surface area contributed by atoms with Gasteiger partial charge in [0, 0.05) is 11.6 Å². The molecule has 2 heterocycles. The first-order valence-corrected chi connectivity index (χ1v) is 8.12. The highest BCUT2D eigenvalue weighted by Gasteiger charge is 2.46. The number of hydrogen-bond acceptors (Lipinski definition) is 4. The van der Waals surface area contributed by atoms with Gasteiger partial charge < -0.3 is 14.7 Å². The second-order valence-electron chi connectivity index (χ2n) is 5.86. The summed E-state index contributed by atoms with van der Waals surface area (Å²) < 4.78 is 5.45. The van der Waals surface area contributed by atoms with E-state index in [4.69, 9.17) is 16.3 Å². The molecule has 2 aliphatic rings. The number of fused-ring (bicyclic) bond motifs is 1. The lowest BCUT2D eigenvalue weighted by atomic mass is 10.0. The van der Waals surface area contributed by atoms with Crippen LogP contribution in [-0.4, -0.2) is 58.7 Å². The van der Waals surface area contributed by atoms with Crippen LogP contribution >= 0.6 is 11.6 Å². The molecule has 0 bridgehead atoms. The molecule has 0 saturated carbocycles. The summed E-state index contributed by atoms with van der Waals surface area (Å²) in [7, 11) is 0. The number of urea groups is 1. The van der Waals surface area contributed by atoms with Gasteiger partial charge in [0.05, 0.1) is 6.54 Å². The summed E-state index contributed by atoms with van der Waals surface area (Å²) in [6.07, 6.45) is 1.65. The molecule has 0 aromatic heterocycles. The predicted octanol–water partition coefficient (Wildman–Crippen LogP) is 1.90. The van der Waals surface area contributed by atoms with Crippen molar-refractivity contribution < 1.29 is 19.4 Å². The summed E-state index contributed by atoms with van der Waals surface area (Å²) in [5.41, 5.74) is 0. The Balaban J connectivity index is 1.55. The number of rotatable bonds is 5. The number of β-amino-alcohol motifs (C(OH)–C–C–N with tert-alkyl or cyclic N) is 1. The Labute approximate surface area is 139 Å². The Bertz CT molecular complexity index is 568. The van der Waals surface area contributed by atoms with Crippen LogP contribution in [0.15, 0.2) is 24.3 Å². The van der Waals surface area contributed by atoms with Gasteiger partial charge in [-0.1, -0.05) is 11.6 Å². The molecule has 0 aliphatic carbocycles. The summed E-state index contributed by atoms with van der Waals surface area (Å²) in [4.78, 5) is 27.3. The van der Waals surface area contributed by atoms with Crippen molar-refractivity contribution >= 4 is 23.5 Å². The van der Waals surface area contributed by atoms with Gasteiger partial charge in [0.1, 0.15) is 24.5 Å². The molecule has 0 spiro atoms. The molecule has 1 aromatic carbocycles. The maximum Gasteiger partial charge on any atom is 0.327 e. The van der Waals surface area contributed by atoms with Crippen LogP contribution in [-0.2, 0) is 4.79 Å². The third-order valence-corrected chi connectivity index (χ3v) is 4.43. The number of aliphatic hydroxyl groups excluding tert-OH is 1. The number of carbonyl (C=O) groups is 2. The highest BCUT2D eigenvalue weighted by Crippen LogP contribution is 2.26. The Hall–Kier alpha value is -1.79. The standard InChI is InChI=1S/C16H19ClN2O4/c17-11-4-6-13(7-5-11)23-10-12(20)9-19-15(21)14-3-1-2-8-18(14)16(19)22/h4-7,12,14,20H,1-3,8-10H2. The smallest absolute Gasteiger partial charge is 0.327 e. The van der Waals surface area contributed by atoms with Crippen LogP contribution in [0.3, 0.4) is 0 Å². The van der Waals surface area contributed by atoms with Crippen molar-refractivity contribution in [2.24, 2.45) is 0 Å². The van der Waals surface area contributed by atoms with Gasteiger partial charge in [-0.3, -0.25) is 9.69 Å². The SMILES string of the molecule is O=C1C2CCCCN2C(=O)N1CC(O)COc1ccc(Cl)cc1. The topological polar surface area (TPSA) is 70.1 Å². The van der Waals surface area contributed by atoms with Gasteiger partial charge in [-0.15, -0.1) is 0 Å². The number of halogens is 1. The van der Waals surface area contributed by atoms with Gasteiger partial charge in [0.2, 0.25) is 0 Å². The molecule has 124 valence electrons. The molecule has 2 unspecified atom stereocenters. The second kappa shape index (κ2) is 6.76. The number of imide groups is 1. The molecule has 3 rings (SSSR count). The van der Waals surface area contributed by atoms with E-state index in [0.29, 0.717) is 23.7 Å². The van der Waals surface area contributed by atoms with E-state index in [1.165, 1.54) is 0 Å². The zero-order valence-electron chi connectivity index (χ0n) is 12.7.